The lowest BCUT2D eigenvalue weighted by Crippen LogP contribution is -2.48. The molecule has 0 unspecified atom stereocenters. The number of urea groups is 1. The minimum Gasteiger partial charge on any atom is -0.341 e. The summed E-state index contributed by atoms with van der Waals surface area (Å²) in [5.41, 5.74) is -0.454. The van der Waals surface area contributed by atoms with Crippen molar-refractivity contribution < 1.29 is 14.4 Å². The van der Waals surface area contributed by atoms with E-state index in [9.17, 15) is 14.4 Å². The number of amides is 4. The monoisotopic (exact) mass is 393 g/mol. The van der Waals surface area contributed by atoms with Crippen LogP contribution in [0.1, 0.15) is 32.8 Å². The summed E-state index contributed by atoms with van der Waals surface area (Å²) in [6.07, 6.45) is 1.09. The predicted octanol–water partition coefficient (Wildman–Crippen LogP) is 3.11. The Hall–Kier alpha value is -2.89. The highest BCUT2D eigenvalue weighted by Crippen LogP contribution is 2.34. The summed E-state index contributed by atoms with van der Waals surface area (Å²) < 4.78 is 0. The average Bonchev–Trinajstić information content (AvgIpc) is 2.90. The van der Waals surface area contributed by atoms with Crippen LogP contribution in [0.2, 0.25) is 0 Å². The lowest BCUT2D eigenvalue weighted by Gasteiger charge is -2.35. The Morgan fingerprint density at radius 1 is 1.07 bits per heavy atom. The first kappa shape index (κ1) is 19.4. The highest BCUT2D eigenvalue weighted by atomic mass is 16.2. The van der Waals surface area contributed by atoms with E-state index in [-0.39, 0.29) is 18.4 Å². The fourth-order valence-electron chi connectivity index (χ4n) is 4.79. The second kappa shape index (κ2) is 7.17. The third kappa shape index (κ3) is 3.37. The normalized spacial score (nSPS) is 27.4. The molecular weight excluding hydrogens is 366 g/mol. The number of fused-ring (bicyclic) bond motifs is 1. The second-order valence-electron chi connectivity index (χ2n) is 8.72. The topological polar surface area (TPSA) is 69.7 Å². The minimum atomic E-state index is -1.19. The summed E-state index contributed by atoms with van der Waals surface area (Å²) in [6.45, 7) is 7.10. The first-order valence-corrected chi connectivity index (χ1v) is 10.2. The molecular formula is C23H27N3O3. The molecule has 2 aliphatic rings. The molecule has 2 heterocycles. The molecule has 0 bridgehead atoms. The van der Waals surface area contributed by atoms with Crippen molar-refractivity contribution in [2.24, 2.45) is 11.8 Å². The van der Waals surface area contributed by atoms with Crippen molar-refractivity contribution >= 4 is 28.6 Å². The number of carbonyl (C=O) groups is 3. The average molecular weight is 393 g/mol. The van der Waals surface area contributed by atoms with Crippen LogP contribution in [-0.2, 0) is 15.1 Å². The van der Waals surface area contributed by atoms with Crippen molar-refractivity contribution in [2.75, 3.05) is 19.6 Å². The molecule has 0 spiro atoms. The van der Waals surface area contributed by atoms with Crippen LogP contribution in [0.4, 0.5) is 4.79 Å². The highest BCUT2D eigenvalue weighted by molar-refractivity contribution is 6.10. The molecule has 0 aliphatic carbocycles. The number of hydrogen-bond acceptors (Lipinski definition) is 3. The third-order valence-corrected chi connectivity index (χ3v) is 6.12. The molecule has 2 aliphatic heterocycles. The molecule has 4 amide bonds. The van der Waals surface area contributed by atoms with Crippen molar-refractivity contribution in [3.8, 4) is 0 Å². The van der Waals surface area contributed by atoms with E-state index in [1.807, 2.05) is 42.5 Å². The fraction of sp³-hybridized carbons (Fsp3) is 0.435. The standard InChI is InChI=1S/C23H27N3O3/c1-15-11-16(2)13-25(12-15)20(27)14-26-21(28)23(3,24-22(26)29)19-10-6-8-17-7-4-5-9-18(17)19/h4-10,15-16H,11-14H2,1-3H3,(H,24,29)/t15-,16-,23+/m1/s1. The van der Waals surface area contributed by atoms with Gasteiger partial charge >= 0.3 is 6.03 Å². The van der Waals surface area contributed by atoms with E-state index in [1.165, 1.54) is 0 Å². The number of benzene rings is 2. The number of rotatable bonds is 3. The van der Waals surface area contributed by atoms with Gasteiger partial charge in [-0.1, -0.05) is 56.3 Å². The van der Waals surface area contributed by atoms with Gasteiger partial charge in [-0.15, -0.1) is 0 Å². The Kier molecular flexibility index (Phi) is 4.81. The summed E-state index contributed by atoms with van der Waals surface area (Å²) in [4.78, 5) is 41.7. The summed E-state index contributed by atoms with van der Waals surface area (Å²) in [7, 11) is 0. The van der Waals surface area contributed by atoms with Gasteiger partial charge in [0.25, 0.3) is 5.91 Å². The lowest BCUT2D eigenvalue weighted by molar-refractivity contribution is -0.140. The second-order valence-corrected chi connectivity index (χ2v) is 8.72. The highest BCUT2D eigenvalue weighted by Gasteiger charge is 2.50. The molecule has 152 valence electrons. The number of likely N-dealkylation sites (tertiary alicyclic amines) is 1. The maximum atomic E-state index is 13.3. The van der Waals surface area contributed by atoms with Crippen molar-refractivity contribution in [1.29, 1.82) is 0 Å². The van der Waals surface area contributed by atoms with Gasteiger partial charge in [-0.2, -0.15) is 0 Å². The number of piperidine rings is 1. The maximum absolute atomic E-state index is 13.3. The van der Waals surface area contributed by atoms with Crippen molar-refractivity contribution in [3.63, 3.8) is 0 Å². The number of nitrogens with one attached hydrogen (secondary N) is 1. The summed E-state index contributed by atoms with van der Waals surface area (Å²) in [5, 5.41) is 4.75. The van der Waals surface area contributed by atoms with E-state index in [2.05, 4.69) is 19.2 Å². The van der Waals surface area contributed by atoms with Gasteiger partial charge in [-0.05, 0) is 41.5 Å². The molecule has 0 aromatic heterocycles. The molecule has 0 radical (unpaired) electrons. The van der Waals surface area contributed by atoms with Crippen LogP contribution in [0.25, 0.3) is 10.8 Å². The molecule has 6 heteroatoms. The first-order valence-electron chi connectivity index (χ1n) is 10.2. The Morgan fingerprint density at radius 3 is 2.45 bits per heavy atom. The number of imide groups is 1. The molecule has 1 N–H and O–H groups in total. The smallest absolute Gasteiger partial charge is 0.325 e. The Labute approximate surface area is 170 Å². The molecule has 4 rings (SSSR count). The van der Waals surface area contributed by atoms with Gasteiger partial charge in [-0.25, -0.2) is 4.79 Å². The Morgan fingerprint density at radius 2 is 1.72 bits per heavy atom. The fourth-order valence-corrected chi connectivity index (χ4v) is 4.79. The van der Waals surface area contributed by atoms with Gasteiger partial charge in [0.2, 0.25) is 5.91 Å². The first-order chi connectivity index (χ1) is 13.8. The molecule has 2 fully saturated rings. The molecule has 6 nitrogen and oxygen atoms in total. The largest absolute Gasteiger partial charge is 0.341 e. The van der Waals surface area contributed by atoms with E-state index in [0.717, 1.165) is 27.7 Å². The van der Waals surface area contributed by atoms with Crippen LogP contribution in [0.5, 0.6) is 0 Å². The number of nitrogens with zero attached hydrogens (tertiary/aromatic N) is 2. The molecule has 2 aromatic rings. The summed E-state index contributed by atoms with van der Waals surface area (Å²) >= 11 is 0. The number of carbonyl (C=O) groups excluding carboxylic acids is 3. The van der Waals surface area contributed by atoms with Gasteiger partial charge in [0.1, 0.15) is 12.1 Å². The summed E-state index contributed by atoms with van der Waals surface area (Å²) in [5.74, 6) is 0.290. The Balaban J connectivity index is 1.59. The van der Waals surface area contributed by atoms with Crippen LogP contribution < -0.4 is 5.32 Å². The lowest BCUT2D eigenvalue weighted by atomic mass is 9.88. The van der Waals surface area contributed by atoms with Crippen molar-refractivity contribution in [1.82, 2.24) is 15.1 Å². The van der Waals surface area contributed by atoms with E-state index >= 15 is 0 Å². The molecule has 3 atom stereocenters. The molecule has 2 aromatic carbocycles. The molecule has 0 saturated carbocycles. The number of hydrogen-bond donors (Lipinski definition) is 1. The van der Waals surface area contributed by atoms with Gasteiger partial charge in [0, 0.05) is 13.1 Å². The van der Waals surface area contributed by atoms with Gasteiger partial charge in [0.15, 0.2) is 0 Å². The SMILES string of the molecule is C[C@@H]1C[C@@H](C)CN(C(=O)CN2C(=O)N[C@@](C)(c3cccc4ccccc34)C2=O)C1. The zero-order valence-corrected chi connectivity index (χ0v) is 17.1. The van der Waals surface area contributed by atoms with Crippen LogP contribution in [0.15, 0.2) is 42.5 Å². The van der Waals surface area contributed by atoms with E-state index < -0.39 is 11.6 Å². The van der Waals surface area contributed by atoms with Crippen LogP contribution in [-0.4, -0.2) is 47.3 Å². The van der Waals surface area contributed by atoms with Crippen molar-refractivity contribution in [2.45, 2.75) is 32.7 Å². The van der Waals surface area contributed by atoms with Gasteiger partial charge in [0.05, 0.1) is 0 Å². The third-order valence-electron chi connectivity index (χ3n) is 6.12. The van der Waals surface area contributed by atoms with Gasteiger partial charge in [-0.3, -0.25) is 14.5 Å². The zero-order chi connectivity index (χ0) is 20.8. The van der Waals surface area contributed by atoms with E-state index in [1.54, 1.807) is 11.8 Å². The van der Waals surface area contributed by atoms with E-state index in [0.29, 0.717) is 24.9 Å². The Bertz CT molecular complexity index is 973. The quantitative estimate of drug-likeness (QED) is 0.815. The minimum absolute atomic E-state index is 0.172. The molecule has 29 heavy (non-hydrogen) atoms. The summed E-state index contributed by atoms with van der Waals surface area (Å²) in [6, 6.07) is 13.0. The van der Waals surface area contributed by atoms with Crippen LogP contribution in [0, 0.1) is 11.8 Å². The van der Waals surface area contributed by atoms with Gasteiger partial charge < -0.3 is 10.2 Å². The molecule has 2 saturated heterocycles. The van der Waals surface area contributed by atoms with Crippen molar-refractivity contribution in [3.05, 3.63) is 48.0 Å². The van der Waals surface area contributed by atoms with E-state index in [4.69, 9.17) is 0 Å². The predicted molar refractivity (Wildman–Crippen MR) is 111 cm³/mol. The maximum Gasteiger partial charge on any atom is 0.325 e. The van der Waals surface area contributed by atoms with Crippen LogP contribution in [0.3, 0.4) is 0 Å². The zero-order valence-electron chi connectivity index (χ0n) is 17.1. The van der Waals surface area contributed by atoms with Crippen LogP contribution >= 0.6 is 0 Å².